The number of nitrogens with zero attached hydrogens (tertiary/aromatic N) is 7. The number of carbonyl (C=O) groups excluding carboxylic acids is 1. The van der Waals surface area contributed by atoms with Gasteiger partial charge in [-0.15, -0.1) is 0 Å². The van der Waals surface area contributed by atoms with Gasteiger partial charge in [-0.25, -0.2) is 18.7 Å². The number of nitrogens with two attached hydrogens (primary N) is 2. The van der Waals surface area contributed by atoms with Crippen LogP contribution in [0.2, 0.25) is 0 Å². The maximum atomic E-state index is 15.0. The molecule has 0 aliphatic carbocycles. The number of likely N-dealkylation sites (tertiary alicyclic amines) is 1. The number of nitriles is 1. The van der Waals surface area contributed by atoms with E-state index in [1.807, 2.05) is 18.2 Å². The fourth-order valence-electron chi connectivity index (χ4n) is 5.66. The van der Waals surface area contributed by atoms with Gasteiger partial charge >= 0.3 is 5.92 Å². The molecule has 2 aromatic carbocycles. The molecule has 6 rings (SSSR count). The summed E-state index contributed by atoms with van der Waals surface area (Å²) in [6.45, 7) is 4.71. The number of hydrogen-bond acceptors (Lipinski definition) is 12. The standard InChI is InChI=1S/C31H34F2N10O3/c32-31(33)18-43(29(44)25(36)15-35)8-7-27(31)46-26-6-1-20(13-21(26)14-34)28-37-19-38-30(40-28)39-22-2-4-23(5-3-22)41-9-11-42(12-10-41)24-16-45-17-24/h1-6,13,15,19,24,27H,7-12,16-18,35-36H2,(H,37,38,39,40)/b25-15-. The molecule has 1 aromatic heterocycles. The Morgan fingerprint density at radius 2 is 1.87 bits per heavy atom. The molecule has 1 unspecified atom stereocenters. The van der Waals surface area contributed by atoms with Crippen LogP contribution in [0.4, 0.5) is 26.1 Å². The van der Waals surface area contributed by atoms with Gasteiger partial charge in [0.25, 0.3) is 5.91 Å². The van der Waals surface area contributed by atoms with E-state index < -0.39 is 24.5 Å². The minimum absolute atomic E-state index is 0.00940. The quantitative estimate of drug-likeness (QED) is 0.309. The van der Waals surface area contributed by atoms with Crippen molar-refractivity contribution in [3.63, 3.8) is 0 Å². The first-order valence-electron chi connectivity index (χ1n) is 14.9. The number of piperidine rings is 1. The average molecular weight is 633 g/mol. The molecule has 1 amide bonds. The van der Waals surface area contributed by atoms with E-state index in [9.17, 15) is 18.8 Å². The number of halogens is 2. The second-order valence-electron chi connectivity index (χ2n) is 11.3. The van der Waals surface area contributed by atoms with E-state index in [4.69, 9.17) is 20.9 Å². The zero-order chi connectivity index (χ0) is 32.3. The molecule has 46 heavy (non-hydrogen) atoms. The largest absolute Gasteiger partial charge is 0.483 e. The Labute approximate surface area is 264 Å². The lowest BCUT2D eigenvalue weighted by Gasteiger charge is -2.43. The lowest BCUT2D eigenvalue weighted by molar-refractivity contribution is -0.157. The summed E-state index contributed by atoms with van der Waals surface area (Å²) in [7, 11) is 0. The van der Waals surface area contributed by atoms with Crippen molar-refractivity contribution in [3.05, 3.63) is 66.3 Å². The second kappa shape index (κ2) is 13.1. The van der Waals surface area contributed by atoms with Gasteiger partial charge in [0.05, 0.1) is 31.4 Å². The molecule has 0 spiro atoms. The first-order valence-corrected chi connectivity index (χ1v) is 14.9. The van der Waals surface area contributed by atoms with E-state index in [1.165, 1.54) is 18.5 Å². The molecule has 5 N–H and O–H groups in total. The van der Waals surface area contributed by atoms with Gasteiger partial charge in [0.2, 0.25) is 5.95 Å². The SMILES string of the molecule is N#Cc1cc(-c2ncnc(Nc3ccc(N4CCN(C5COC5)CC4)cc3)n2)ccc1OC1CCN(C(=O)/C(N)=C/N)CC1(F)F. The summed E-state index contributed by atoms with van der Waals surface area (Å²) >= 11 is 0. The molecule has 3 aliphatic heterocycles. The van der Waals surface area contributed by atoms with Gasteiger partial charge in [-0.1, -0.05) is 0 Å². The molecule has 3 aromatic rings. The van der Waals surface area contributed by atoms with E-state index >= 15 is 0 Å². The van der Waals surface area contributed by atoms with Crippen LogP contribution in [0.25, 0.3) is 11.4 Å². The minimum Gasteiger partial charge on any atom is -0.483 e. The van der Waals surface area contributed by atoms with E-state index in [0.717, 1.165) is 61.9 Å². The van der Waals surface area contributed by atoms with Crippen LogP contribution in [0.1, 0.15) is 12.0 Å². The maximum Gasteiger partial charge on any atom is 0.301 e. The zero-order valence-corrected chi connectivity index (χ0v) is 25.0. The third-order valence-corrected chi connectivity index (χ3v) is 8.39. The van der Waals surface area contributed by atoms with Crippen LogP contribution in [-0.2, 0) is 9.53 Å². The number of hydrogen-bond donors (Lipinski definition) is 3. The number of carbonyl (C=O) groups is 1. The third-order valence-electron chi connectivity index (χ3n) is 8.39. The van der Waals surface area contributed by atoms with Crippen molar-refractivity contribution in [2.45, 2.75) is 24.5 Å². The van der Waals surface area contributed by atoms with Crippen LogP contribution in [0.3, 0.4) is 0 Å². The minimum atomic E-state index is -3.39. The Kier molecular flexibility index (Phi) is 8.82. The van der Waals surface area contributed by atoms with Gasteiger partial charge in [0.1, 0.15) is 23.8 Å². The van der Waals surface area contributed by atoms with Crippen molar-refractivity contribution < 1.29 is 23.0 Å². The van der Waals surface area contributed by atoms with Gasteiger partial charge < -0.3 is 36.1 Å². The van der Waals surface area contributed by atoms with Gasteiger partial charge in [-0.2, -0.15) is 10.2 Å². The number of anilines is 3. The summed E-state index contributed by atoms with van der Waals surface area (Å²) in [5.41, 5.74) is 12.9. The third kappa shape index (κ3) is 6.63. The van der Waals surface area contributed by atoms with Gasteiger partial charge in [-0.3, -0.25) is 9.69 Å². The molecule has 1 atom stereocenters. The second-order valence-corrected chi connectivity index (χ2v) is 11.3. The molecular weight excluding hydrogens is 598 g/mol. The first kappa shape index (κ1) is 30.9. The van der Waals surface area contributed by atoms with E-state index in [2.05, 4.69) is 42.2 Å². The molecule has 3 saturated heterocycles. The summed E-state index contributed by atoms with van der Waals surface area (Å²) in [4.78, 5) is 30.9. The highest BCUT2D eigenvalue weighted by Crippen LogP contribution is 2.34. The highest BCUT2D eigenvalue weighted by atomic mass is 19.3. The average Bonchev–Trinajstić information content (AvgIpc) is 3.05. The highest BCUT2D eigenvalue weighted by Gasteiger charge is 2.48. The summed E-state index contributed by atoms with van der Waals surface area (Å²) < 4.78 is 40.9. The number of aromatic nitrogens is 3. The molecule has 4 heterocycles. The summed E-state index contributed by atoms with van der Waals surface area (Å²) in [5, 5.41) is 13.0. The number of amides is 1. The topological polar surface area (TPSA) is 172 Å². The lowest BCUT2D eigenvalue weighted by atomic mass is 10.0. The van der Waals surface area contributed by atoms with Crippen LogP contribution in [0.15, 0.2) is 60.7 Å². The molecular formula is C31H34F2N10O3. The van der Waals surface area contributed by atoms with Crippen LogP contribution in [0, 0.1) is 11.3 Å². The van der Waals surface area contributed by atoms with Gasteiger partial charge in [0.15, 0.2) is 11.9 Å². The van der Waals surface area contributed by atoms with Crippen LogP contribution in [0.5, 0.6) is 5.75 Å². The Morgan fingerprint density at radius 1 is 1.11 bits per heavy atom. The van der Waals surface area contributed by atoms with Crippen LogP contribution in [-0.4, -0.2) is 101 Å². The predicted molar refractivity (Wildman–Crippen MR) is 165 cm³/mol. The Hall–Kier alpha value is -5.07. The molecule has 3 fully saturated rings. The van der Waals surface area contributed by atoms with Crippen molar-refractivity contribution >= 4 is 23.2 Å². The predicted octanol–water partition coefficient (Wildman–Crippen LogP) is 2.05. The Balaban J connectivity index is 1.09. The summed E-state index contributed by atoms with van der Waals surface area (Å²) in [5.74, 6) is -3.58. The molecule has 15 heteroatoms. The van der Waals surface area contributed by atoms with Crippen molar-refractivity contribution in [2.24, 2.45) is 11.5 Å². The molecule has 0 radical (unpaired) electrons. The lowest BCUT2D eigenvalue weighted by Crippen LogP contribution is -2.56. The Bertz CT molecular complexity index is 1640. The molecule has 0 bridgehead atoms. The molecule has 240 valence electrons. The zero-order valence-electron chi connectivity index (χ0n) is 25.0. The Morgan fingerprint density at radius 3 is 2.52 bits per heavy atom. The molecule has 0 saturated carbocycles. The van der Waals surface area contributed by atoms with Crippen LogP contribution >= 0.6 is 0 Å². The monoisotopic (exact) mass is 632 g/mol. The molecule has 3 aliphatic rings. The van der Waals surface area contributed by atoms with Crippen molar-refractivity contribution in [1.29, 1.82) is 5.26 Å². The number of piperazine rings is 1. The number of ether oxygens (including phenoxy) is 2. The van der Waals surface area contributed by atoms with Gasteiger partial charge in [0, 0.05) is 62.3 Å². The van der Waals surface area contributed by atoms with E-state index in [-0.39, 0.29) is 35.8 Å². The fraction of sp³-hybridized carbons (Fsp3) is 0.387. The smallest absolute Gasteiger partial charge is 0.301 e. The summed E-state index contributed by atoms with van der Waals surface area (Å²) in [6, 6.07) is 15.1. The summed E-state index contributed by atoms with van der Waals surface area (Å²) in [6.07, 6.45) is 0.510. The number of benzene rings is 2. The number of rotatable bonds is 8. The van der Waals surface area contributed by atoms with E-state index in [0.29, 0.717) is 17.6 Å². The maximum absolute atomic E-state index is 15.0. The normalized spacial score (nSPS) is 20.5. The van der Waals surface area contributed by atoms with Crippen LogP contribution < -0.4 is 26.4 Å². The van der Waals surface area contributed by atoms with Crippen molar-refractivity contribution in [3.8, 4) is 23.2 Å². The van der Waals surface area contributed by atoms with Crippen molar-refractivity contribution in [2.75, 3.05) is 62.7 Å². The number of alkyl halides is 2. The number of nitrogens with one attached hydrogen (secondary N) is 1. The van der Waals surface area contributed by atoms with E-state index in [1.54, 1.807) is 6.07 Å². The first-order chi connectivity index (χ1) is 22.2. The molecule has 13 nitrogen and oxygen atoms in total. The highest BCUT2D eigenvalue weighted by molar-refractivity contribution is 5.92. The van der Waals surface area contributed by atoms with Crippen molar-refractivity contribution in [1.82, 2.24) is 24.8 Å². The van der Waals surface area contributed by atoms with Gasteiger partial charge in [-0.05, 0) is 42.5 Å². The fourth-order valence-corrected chi connectivity index (χ4v) is 5.66.